The van der Waals surface area contributed by atoms with Gasteiger partial charge >= 0.3 is 0 Å². The minimum absolute atomic E-state index is 0.108. The summed E-state index contributed by atoms with van der Waals surface area (Å²) in [6.45, 7) is 6.52. The van der Waals surface area contributed by atoms with Crippen LogP contribution in [0.2, 0.25) is 0 Å². The van der Waals surface area contributed by atoms with Gasteiger partial charge in [0.05, 0.1) is 0 Å². The summed E-state index contributed by atoms with van der Waals surface area (Å²) in [7, 11) is 0. The molecule has 2 unspecified atom stereocenters. The Morgan fingerprint density at radius 3 is 2.68 bits per heavy atom. The molecule has 0 bridgehead atoms. The van der Waals surface area contributed by atoms with E-state index in [0.29, 0.717) is 0 Å². The lowest BCUT2D eigenvalue weighted by atomic mass is 9.90. The highest BCUT2D eigenvalue weighted by Crippen LogP contribution is 2.56. The van der Waals surface area contributed by atoms with E-state index in [1.807, 2.05) is 30.3 Å². The molecule has 0 fully saturated rings. The van der Waals surface area contributed by atoms with Crippen molar-refractivity contribution in [3.8, 4) is 28.7 Å². The molecule has 3 aliphatic rings. The summed E-state index contributed by atoms with van der Waals surface area (Å²) >= 11 is 0. The number of hydrogen-bond acceptors (Lipinski definition) is 5. The van der Waals surface area contributed by atoms with Crippen LogP contribution in [0.15, 0.2) is 36.9 Å². The molecule has 2 aromatic rings. The van der Waals surface area contributed by atoms with Gasteiger partial charge in [0, 0.05) is 17.0 Å². The minimum Gasteiger partial charge on any atom is -0.484 e. The van der Waals surface area contributed by atoms with Crippen molar-refractivity contribution in [2.24, 2.45) is 0 Å². The van der Waals surface area contributed by atoms with E-state index < -0.39 is 0 Å². The molecule has 2 atom stereocenters. The van der Waals surface area contributed by atoms with E-state index >= 15 is 0 Å². The van der Waals surface area contributed by atoms with Crippen molar-refractivity contribution in [3.63, 3.8) is 0 Å². The molecule has 0 amide bonds. The topological polar surface area (TPSA) is 46.2 Å². The average molecular weight is 338 g/mol. The first-order chi connectivity index (χ1) is 12.3. The van der Waals surface area contributed by atoms with Crippen LogP contribution in [0.25, 0.3) is 0 Å². The van der Waals surface area contributed by atoms with Crippen LogP contribution in [0.1, 0.15) is 35.6 Å². The van der Waals surface area contributed by atoms with Crippen molar-refractivity contribution in [1.29, 1.82) is 0 Å². The molecule has 0 saturated heterocycles. The first kappa shape index (κ1) is 14.5. The molecule has 0 aromatic heterocycles. The SMILES string of the molecule is C=CCc1cc2c(c3c1OC(c1ccc4c(c1)OCO4)C3C)OCO2. The number of fused-ring (bicyclic) bond motifs is 4. The van der Waals surface area contributed by atoms with Crippen molar-refractivity contribution in [2.75, 3.05) is 13.6 Å². The van der Waals surface area contributed by atoms with Gasteiger partial charge in [-0.15, -0.1) is 6.58 Å². The predicted molar refractivity (Wildman–Crippen MR) is 90.8 cm³/mol. The van der Waals surface area contributed by atoms with Crippen molar-refractivity contribution in [3.05, 3.63) is 53.6 Å². The van der Waals surface area contributed by atoms with Gasteiger partial charge in [-0.25, -0.2) is 0 Å². The van der Waals surface area contributed by atoms with E-state index in [9.17, 15) is 0 Å². The van der Waals surface area contributed by atoms with Gasteiger partial charge in [-0.1, -0.05) is 19.1 Å². The standard InChI is InChI=1S/C20H18O5/c1-3-4-12-8-16-20(24-10-23-16)17-11(2)18(25-19(12)17)13-5-6-14-15(7-13)22-9-21-14/h3,5-8,11,18H,1,4,9-10H2,2H3. The second kappa shape index (κ2) is 5.34. The maximum Gasteiger partial charge on any atom is 0.231 e. The fourth-order valence-electron chi connectivity index (χ4n) is 3.79. The Morgan fingerprint density at radius 1 is 1.00 bits per heavy atom. The third-order valence-corrected chi connectivity index (χ3v) is 4.97. The predicted octanol–water partition coefficient (Wildman–Crippen LogP) is 4.11. The Labute approximate surface area is 145 Å². The van der Waals surface area contributed by atoms with E-state index in [2.05, 4.69) is 13.5 Å². The molecular formula is C20H18O5. The third-order valence-electron chi connectivity index (χ3n) is 4.97. The van der Waals surface area contributed by atoms with Gasteiger partial charge in [0.2, 0.25) is 13.6 Å². The largest absolute Gasteiger partial charge is 0.484 e. The highest BCUT2D eigenvalue weighted by Gasteiger charge is 2.40. The van der Waals surface area contributed by atoms with Crippen LogP contribution in [-0.2, 0) is 6.42 Å². The Balaban J connectivity index is 1.59. The van der Waals surface area contributed by atoms with Crippen LogP contribution >= 0.6 is 0 Å². The average Bonchev–Trinajstić information content (AvgIpc) is 3.32. The van der Waals surface area contributed by atoms with Crippen LogP contribution in [0.3, 0.4) is 0 Å². The number of allylic oxidation sites excluding steroid dienone is 1. The smallest absolute Gasteiger partial charge is 0.231 e. The highest BCUT2D eigenvalue weighted by molar-refractivity contribution is 5.63. The van der Waals surface area contributed by atoms with Crippen LogP contribution in [0.4, 0.5) is 0 Å². The first-order valence-corrected chi connectivity index (χ1v) is 8.38. The maximum absolute atomic E-state index is 6.39. The van der Waals surface area contributed by atoms with Gasteiger partial charge in [0.25, 0.3) is 0 Å². The zero-order chi connectivity index (χ0) is 17.0. The van der Waals surface area contributed by atoms with Gasteiger partial charge < -0.3 is 23.7 Å². The number of benzene rings is 2. The van der Waals surface area contributed by atoms with E-state index in [4.69, 9.17) is 23.7 Å². The Morgan fingerprint density at radius 2 is 1.80 bits per heavy atom. The molecule has 2 aromatic carbocycles. The van der Waals surface area contributed by atoms with E-state index in [-0.39, 0.29) is 25.6 Å². The third kappa shape index (κ3) is 2.08. The molecule has 0 saturated carbocycles. The fraction of sp³-hybridized carbons (Fsp3) is 0.300. The van der Waals surface area contributed by atoms with Gasteiger partial charge in [-0.05, 0) is 30.2 Å². The number of ether oxygens (including phenoxy) is 5. The van der Waals surface area contributed by atoms with E-state index in [1.165, 1.54) is 0 Å². The van der Waals surface area contributed by atoms with Crippen molar-refractivity contribution < 1.29 is 23.7 Å². The summed E-state index contributed by atoms with van der Waals surface area (Å²) < 4.78 is 28.7. The molecule has 0 N–H and O–H groups in total. The van der Waals surface area contributed by atoms with Crippen molar-refractivity contribution in [1.82, 2.24) is 0 Å². The molecule has 0 aliphatic carbocycles. The molecule has 0 radical (unpaired) electrons. The summed E-state index contributed by atoms with van der Waals surface area (Å²) in [4.78, 5) is 0. The van der Waals surface area contributed by atoms with E-state index in [0.717, 1.165) is 51.9 Å². The van der Waals surface area contributed by atoms with Crippen LogP contribution in [0, 0.1) is 0 Å². The summed E-state index contributed by atoms with van der Waals surface area (Å²) in [6, 6.07) is 7.97. The van der Waals surface area contributed by atoms with Crippen molar-refractivity contribution >= 4 is 0 Å². The molecule has 25 heavy (non-hydrogen) atoms. The molecule has 3 aliphatic heterocycles. The lowest BCUT2D eigenvalue weighted by Crippen LogP contribution is -2.07. The van der Waals surface area contributed by atoms with Gasteiger partial charge in [0.1, 0.15) is 11.9 Å². The first-order valence-electron chi connectivity index (χ1n) is 8.38. The lowest BCUT2D eigenvalue weighted by Gasteiger charge is -2.16. The lowest BCUT2D eigenvalue weighted by molar-refractivity contribution is 0.172. The summed E-state index contributed by atoms with van der Waals surface area (Å²) in [5.41, 5.74) is 3.21. The molecule has 0 spiro atoms. The van der Waals surface area contributed by atoms with Crippen LogP contribution < -0.4 is 23.7 Å². The van der Waals surface area contributed by atoms with Crippen molar-refractivity contribution in [2.45, 2.75) is 25.4 Å². The zero-order valence-electron chi connectivity index (χ0n) is 13.9. The number of hydrogen-bond donors (Lipinski definition) is 0. The second-order valence-electron chi connectivity index (χ2n) is 6.44. The Kier molecular flexibility index (Phi) is 3.10. The fourth-order valence-corrected chi connectivity index (χ4v) is 3.79. The Hall–Kier alpha value is -2.82. The zero-order valence-corrected chi connectivity index (χ0v) is 13.9. The van der Waals surface area contributed by atoms with Gasteiger partial charge in [-0.2, -0.15) is 0 Å². The summed E-state index contributed by atoms with van der Waals surface area (Å²) in [5.74, 6) is 4.16. The second-order valence-corrected chi connectivity index (χ2v) is 6.44. The van der Waals surface area contributed by atoms with Crippen LogP contribution in [-0.4, -0.2) is 13.6 Å². The van der Waals surface area contributed by atoms with Gasteiger partial charge in [0.15, 0.2) is 23.0 Å². The summed E-state index contributed by atoms with van der Waals surface area (Å²) in [6.07, 6.45) is 2.49. The molecule has 5 heteroatoms. The van der Waals surface area contributed by atoms with Crippen LogP contribution in [0.5, 0.6) is 28.7 Å². The molecule has 5 rings (SSSR count). The summed E-state index contributed by atoms with van der Waals surface area (Å²) in [5, 5.41) is 0. The monoisotopic (exact) mass is 338 g/mol. The quantitative estimate of drug-likeness (QED) is 0.788. The molecule has 5 nitrogen and oxygen atoms in total. The maximum atomic E-state index is 6.39. The van der Waals surface area contributed by atoms with Gasteiger partial charge in [-0.3, -0.25) is 0 Å². The normalized spacial score (nSPS) is 21.8. The Bertz CT molecular complexity index is 873. The van der Waals surface area contributed by atoms with E-state index in [1.54, 1.807) is 0 Å². The molecule has 128 valence electrons. The molecule has 3 heterocycles. The number of rotatable bonds is 3. The molecular weight excluding hydrogens is 320 g/mol. The minimum atomic E-state index is -0.108. The highest BCUT2D eigenvalue weighted by atomic mass is 16.7.